The van der Waals surface area contributed by atoms with E-state index >= 15 is 0 Å². The topological polar surface area (TPSA) is 63.8 Å². The van der Waals surface area contributed by atoms with Gasteiger partial charge in [0.15, 0.2) is 0 Å². The lowest BCUT2D eigenvalue weighted by Crippen LogP contribution is -2.26. The van der Waals surface area contributed by atoms with Gasteiger partial charge in [0.05, 0.1) is 0 Å². The second-order valence-electron chi connectivity index (χ2n) is 4.66. The Balaban J connectivity index is 2.70. The third kappa shape index (κ3) is 4.81. The minimum Gasteiger partial charge on any atom is -0.384 e. The molecule has 0 spiro atoms. The molecule has 1 aromatic heterocycles. The average molecular weight is 254 g/mol. The van der Waals surface area contributed by atoms with E-state index in [4.69, 9.17) is 5.73 Å². The molecule has 96 valence electrons. The molecule has 0 aliphatic heterocycles. The fraction of sp³-hybridized carbons (Fsp3) is 0.667. The quantitative estimate of drug-likeness (QED) is 0.817. The highest BCUT2D eigenvalue weighted by molar-refractivity contribution is 7.99. The molecular formula is C12H22N4S. The van der Waals surface area contributed by atoms with Crippen molar-refractivity contribution in [2.75, 3.05) is 23.9 Å². The van der Waals surface area contributed by atoms with Crippen LogP contribution in [-0.2, 0) is 6.42 Å². The number of hydrogen-bond acceptors (Lipinski definition) is 5. The Labute approximate surface area is 108 Å². The summed E-state index contributed by atoms with van der Waals surface area (Å²) in [4.78, 5) is 8.66. The maximum atomic E-state index is 5.77. The largest absolute Gasteiger partial charge is 0.384 e. The van der Waals surface area contributed by atoms with Crippen LogP contribution in [0.3, 0.4) is 0 Å². The van der Waals surface area contributed by atoms with E-state index in [-0.39, 0.29) is 4.75 Å². The van der Waals surface area contributed by atoms with Gasteiger partial charge in [-0.15, -0.1) is 0 Å². The molecule has 17 heavy (non-hydrogen) atoms. The van der Waals surface area contributed by atoms with Gasteiger partial charge in [-0.25, -0.2) is 9.97 Å². The minimum atomic E-state index is 0.185. The summed E-state index contributed by atoms with van der Waals surface area (Å²) in [5.74, 6) is 2.17. The van der Waals surface area contributed by atoms with Crippen molar-refractivity contribution in [3.05, 3.63) is 11.9 Å². The van der Waals surface area contributed by atoms with E-state index in [9.17, 15) is 0 Å². The second kappa shape index (κ2) is 6.10. The lowest BCUT2D eigenvalue weighted by atomic mass is 10.2. The van der Waals surface area contributed by atoms with Gasteiger partial charge in [0, 0.05) is 23.8 Å². The molecule has 0 saturated carbocycles. The Kier molecular flexibility index (Phi) is 5.05. The zero-order valence-corrected chi connectivity index (χ0v) is 11.9. The number of nitrogen functional groups attached to an aromatic ring is 1. The van der Waals surface area contributed by atoms with Gasteiger partial charge >= 0.3 is 0 Å². The van der Waals surface area contributed by atoms with Crippen LogP contribution < -0.4 is 11.1 Å². The summed E-state index contributed by atoms with van der Waals surface area (Å²) in [5.41, 5.74) is 5.77. The molecule has 0 aromatic carbocycles. The molecule has 1 heterocycles. The number of thioether (sulfide) groups is 1. The number of anilines is 2. The highest BCUT2D eigenvalue weighted by atomic mass is 32.2. The molecule has 0 aliphatic carbocycles. The molecule has 0 amide bonds. The number of hydrogen-bond donors (Lipinski definition) is 2. The Morgan fingerprint density at radius 1 is 1.41 bits per heavy atom. The van der Waals surface area contributed by atoms with Crippen LogP contribution in [0, 0.1) is 0 Å². The smallest absolute Gasteiger partial charge is 0.133 e. The first-order valence-corrected chi connectivity index (χ1v) is 7.12. The van der Waals surface area contributed by atoms with E-state index in [2.05, 4.69) is 42.3 Å². The van der Waals surface area contributed by atoms with E-state index in [1.807, 2.05) is 11.8 Å². The fourth-order valence-corrected chi connectivity index (χ4v) is 1.54. The van der Waals surface area contributed by atoms with Gasteiger partial charge in [-0.1, -0.05) is 6.92 Å². The Morgan fingerprint density at radius 2 is 2.12 bits per heavy atom. The number of nitrogens with two attached hydrogens (primary N) is 1. The van der Waals surface area contributed by atoms with Gasteiger partial charge in [-0.3, -0.25) is 0 Å². The monoisotopic (exact) mass is 254 g/mol. The van der Waals surface area contributed by atoms with E-state index in [0.29, 0.717) is 5.82 Å². The molecule has 0 radical (unpaired) electrons. The number of nitrogens with zero attached hydrogens (tertiary/aromatic N) is 2. The molecule has 1 aromatic rings. The van der Waals surface area contributed by atoms with Crippen LogP contribution in [0.1, 0.15) is 33.0 Å². The van der Waals surface area contributed by atoms with Gasteiger partial charge in [0.2, 0.25) is 0 Å². The molecule has 0 unspecified atom stereocenters. The molecule has 1 rings (SSSR count). The Morgan fingerprint density at radius 3 is 2.71 bits per heavy atom. The normalized spacial score (nSPS) is 11.5. The van der Waals surface area contributed by atoms with Gasteiger partial charge in [0.25, 0.3) is 0 Å². The fourth-order valence-electron chi connectivity index (χ4n) is 1.32. The van der Waals surface area contributed by atoms with Crippen LogP contribution >= 0.6 is 11.8 Å². The summed E-state index contributed by atoms with van der Waals surface area (Å²) in [6, 6.07) is 1.79. The number of nitrogens with one attached hydrogen (secondary N) is 1. The maximum absolute atomic E-state index is 5.77. The predicted molar refractivity (Wildman–Crippen MR) is 76.5 cm³/mol. The lowest BCUT2D eigenvalue weighted by Gasteiger charge is -2.22. The van der Waals surface area contributed by atoms with Crippen LogP contribution in [0.4, 0.5) is 11.6 Å². The van der Waals surface area contributed by atoms with E-state index in [1.54, 1.807) is 6.07 Å². The number of aromatic nitrogens is 2. The van der Waals surface area contributed by atoms with E-state index in [0.717, 1.165) is 31.0 Å². The lowest BCUT2D eigenvalue weighted by molar-refractivity contribution is 0.747. The molecule has 0 bridgehead atoms. The molecule has 0 saturated heterocycles. The van der Waals surface area contributed by atoms with E-state index in [1.165, 1.54) is 0 Å². The third-order valence-corrected chi connectivity index (χ3v) is 3.76. The third-order valence-electron chi connectivity index (χ3n) is 2.51. The van der Waals surface area contributed by atoms with Gasteiger partial charge in [-0.2, -0.15) is 11.8 Å². The van der Waals surface area contributed by atoms with Crippen molar-refractivity contribution < 1.29 is 0 Å². The zero-order chi connectivity index (χ0) is 12.9. The average Bonchev–Trinajstić information content (AvgIpc) is 2.26. The summed E-state index contributed by atoms with van der Waals surface area (Å²) < 4.78 is 0.185. The minimum absolute atomic E-state index is 0.185. The van der Waals surface area contributed by atoms with Crippen molar-refractivity contribution in [1.82, 2.24) is 9.97 Å². The summed E-state index contributed by atoms with van der Waals surface area (Å²) in [5, 5.41) is 3.32. The van der Waals surface area contributed by atoms with Crippen molar-refractivity contribution in [1.29, 1.82) is 0 Å². The molecule has 5 heteroatoms. The van der Waals surface area contributed by atoms with Crippen molar-refractivity contribution in [3.8, 4) is 0 Å². The summed E-state index contributed by atoms with van der Waals surface area (Å²) in [7, 11) is 0. The molecule has 0 aliphatic rings. The SMILES string of the molecule is CCCc1nc(N)cc(NCC(C)(C)SC)n1. The first-order valence-electron chi connectivity index (χ1n) is 5.89. The van der Waals surface area contributed by atoms with Gasteiger partial charge in [-0.05, 0) is 26.5 Å². The van der Waals surface area contributed by atoms with Crippen LogP contribution in [0.5, 0.6) is 0 Å². The van der Waals surface area contributed by atoms with Crippen LogP contribution in [0.25, 0.3) is 0 Å². The van der Waals surface area contributed by atoms with Gasteiger partial charge < -0.3 is 11.1 Å². The Bertz CT molecular complexity index is 366. The first-order chi connectivity index (χ1) is 7.96. The second-order valence-corrected chi connectivity index (χ2v) is 6.18. The zero-order valence-electron chi connectivity index (χ0n) is 11.1. The van der Waals surface area contributed by atoms with Crippen molar-refractivity contribution >= 4 is 23.4 Å². The summed E-state index contributed by atoms with van der Waals surface area (Å²) in [6.07, 6.45) is 4.00. The van der Waals surface area contributed by atoms with Crippen LogP contribution in [-0.4, -0.2) is 27.5 Å². The first kappa shape index (κ1) is 14.1. The molecular weight excluding hydrogens is 232 g/mol. The van der Waals surface area contributed by atoms with Crippen molar-refractivity contribution in [2.24, 2.45) is 0 Å². The highest BCUT2D eigenvalue weighted by Gasteiger charge is 2.15. The molecule has 4 nitrogen and oxygen atoms in total. The summed E-state index contributed by atoms with van der Waals surface area (Å²) >= 11 is 1.83. The van der Waals surface area contributed by atoms with Crippen LogP contribution in [0.15, 0.2) is 6.07 Å². The van der Waals surface area contributed by atoms with Gasteiger partial charge in [0.1, 0.15) is 17.5 Å². The van der Waals surface area contributed by atoms with Crippen molar-refractivity contribution in [2.45, 2.75) is 38.4 Å². The molecule has 0 atom stereocenters. The molecule has 0 fully saturated rings. The maximum Gasteiger partial charge on any atom is 0.133 e. The number of aryl methyl sites for hydroxylation is 1. The van der Waals surface area contributed by atoms with E-state index < -0.39 is 0 Å². The predicted octanol–water partition coefficient (Wildman–Crippen LogP) is 2.56. The van der Waals surface area contributed by atoms with Crippen LogP contribution in [0.2, 0.25) is 0 Å². The standard InChI is InChI=1S/C12H22N4S/c1-5-6-10-15-9(13)7-11(16-10)14-8-12(2,3)17-4/h7H,5-6,8H2,1-4H3,(H3,13,14,15,16). The molecule has 3 N–H and O–H groups in total. The summed E-state index contributed by atoms with van der Waals surface area (Å²) in [6.45, 7) is 7.36. The highest BCUT2D eigenvalue weighted by Crippen LogP contribution is 2.21. The van der Waals surface area contributed by atoms with Crippen molar-refractivity contribution in [3.63, 3.8) is 0 Å². The number of rotatable bonds is 6. The Hall–Kier alpha value is -0.970.